The van der Waals surface area contributed by atoms with Crippen LogP contribution in [0.4, 0.5) is 8.78 Å². The highest BCUT2D eigenvalue weighted by atomic mass is 32.2. The van der Waals surface area contributed by atoms with Crippen LogP contribution in [0.3, 0.4) is 0 Å². The first-order valence-electron chi connectivity index (χ1n) is 13.3. The first kappa shape index (κ1) is 30.4. The molecule has 0 spiro atoms. The highest BCUT2D eigenvalue weighted by Gasteiger charge is 2.29. The number of aliphatic hydroxyl groups excluding tert-OH is 1. The van der Waals surface area contributed by atoms with Gasteiger partial charge in [-0.25, -0.2) is 17.2 Å². The molecule has 4 N–H and O–H groups in total. The number of halogens is 2. The van der Waals surface area contributed by atoms with E-state index in [0.29, 0.717) is 44.8 Å². The van der Waals surface area contributed by atoms with Crippen LogP contribution >= 0.6 is 0 Å². The van der Waals surface area contributed by atoms with Crippen molar-refractivity contribution in [1.82, 2.24) is 14.9 Å². The lowest BCUT2D eigenvalue weighted by Crippen LogP contribution is -2.42. The van der Waals surface area contributed by atoms with Crippen LogP contribution in [0.25, 0.3) is 0 Å². The third kappa shape index (κ3) is 8.23. The van der Waals surface area contributed by atoms with E-state index >= 15 is 0 Å². The molecule has 1 saturated heterocycles. The second-order valence-electron chi connectivity index (χ2n) is 9.87. The number of hydrogen-bond donors (Lipinski definition) is 4. The minimum atomic E-state index is -3.75. The van der Waals surface area contributed by atoms with Crippen molar-refractivity contribution in [3.63, 3.8) is 0 Å². The molecule has 0 aromatic heterocycles. The number of sulfonamides is 1. The number of aromatic hydroxyl groups is 1. The highest BCUT2D eigenvalue weighted by molar-refractivity contribution is 7.89. The molecule has 0 aliphatic carbocycles. The summed E-state index contributed by atoms with van der Waals surface area (Å²) in [5, 5.41) is 25.1. The third-order valence-electron chi connectivity index (χ3n) is 6.91. The molecule has 0 saturated carbocycles. The van der Waals surface area contributed by atoms with Crippen molar-refractivity contribution < 1.29 is 36.9 Å². The maximum absolute atomic E-state index is 13.8. The Morgan fingerprint density at radius 2 is 1.63 bits per heavy atom. The smallest absolute Gasteiger partial charge is 0.251 e. The number of phenolic OH excluding ortho intramolecular Hbond substituents is 1. The summed E-state index contributed by atoms with van der Waals surface area (Å²) >= 11 is 0. The Hall–Kier alpha value is -3.58. The van der Waals surface area contributed by atoms with E-state index in [1.165, 1.54) is 46.8 Å². The maximum atomic E-state index is 13.8. The summed E-state index contributed by atoms with van der Waals surface area (Å²) in [6.07, 6.45) is 0.578. The number of aliphatic hydroxyl groups is 1. The molecule has 1 aliphatic heterocycles. The van der Waals surface area contributed by atoms with E-state index in [2.05, 4.69) is 10.6 Å². The lowest BCUT2D eigenvalue weighted by molar-refractivity contribution is 0.0950. The summed E-state index contributed by atoms with van der Waals surface area (Å²) in [4.78, 5) is 12.5. The Morgan fingerprint density at radius 1 is 1.00 bits per heavy atom. The Labute approximate surface area is 237 Å². The third-order valence-corrected chi connectivity index (χ3v) is 8.82. The zero-order valence-corrected chi connectivity index (χ0v) is 23.1. The Balaban J connectivity index is 1.20. The molecule has 1 amide bonds. The van der Waals surface area contributed by atoms with Crippen LogP contribution in [-0.4, -0.2) is 67.7 Å². The molecule has 1 heterocycles. The molecule has 9 nitrogen and oxygen atoms in total. The average molecular weight is 590 g/mol. The Bertz CT molecular complexity index is 1390. The lowest BCUT2D eigenvalue weighted by Gasteiger charge is -2.31. The molecule has 3 aromatic rings. The van der Waals surface area contributed by atoms with E-state index in [4.69, 9.17) is 4.74 Å². The number of ether oxygens (including phenoxy) is 1. The molecule has 41 heavy (non-hydrogen) atoms. The number of benzene rings is 3. The normalized spacial score (nSPS) is 15.4. The molecule has 4 rings (SSSR count). The van der Waals surface area contributed by atoms with Crippen LogP contribution in [0, 0.1) is 17.6 Å². The van der Waals surface area contributed by atoms with E-state index < -0.39 is 33.7 Å². The van der Waals surface area contributed by atoms with E-state index in [-0.39, 0.29) is 40.8 Å². The van der Waals surface area contributed by atoms with Gasteiger partial charge in [-0.15, -0.1) is 0 Å². The van der Waals surface area contributed by atoms with Crippen LogP contribution in [0.2, 0.25) is 0 Å². The van der Waals surface area contributed by atoms with Crippen LogP contribution in [0.15, 0.2) is 71.6 Å². The Kier molecular flexibility index (Phi) is 10.3. The second kappa shape index (κ2) is 13.9. The van der Waals surface area contributed by atoms with Crippen LogP contribution in [-0.2, 0) is 16.6 Å². The van der Waals surface area contributed by atoms with Crippen molar-refractivity contribution in [1.29, 1.82) is 0 Å². The first-order chi connectivity index (χ1) is 19.6. The first-order valence-corrected chi connectivity index (χ1v) is 14.7. The van der Waals surface area contributed by atoms with Crippen LogP contribution in [0.5, 0.6) is 11.5 Å². The van der Waals surface area contributed by atoms with Crippen molar-refractivity contribution >= 4 is 15.9 Å². The molecule has 3 aromatic carbocycles. The molecular weight excluding hydrogens is 556 g/mol. The van der Waals surface area contributed by atoms with Gasteiger partial charge in [0.2, 0.25) is 10.0 Å². The van der Waals surface area contributed by atoms with Gasteiger partial charge in [0, 0.05) is 37.3 Å². The fourth-order valence-electron chi connectivity index (χ4n) is 4.50. The van der Waals surface area contributed by atoms with E-state index in [1.54, 1.807) is 12.1 Å². The topological polar surface area (TPSA) is 128 Å². The largest absolute Gasteiger partial charge is 0.508 e. The number of rotatable bonds is 12. The van der Waals surface area contributed by atoms with Gasteiger partial charge in [-0.3, -0.25) is 4.79 Å². The number of nitrogens with zero attached hydrogens (tertiary/aromatic N) is 1. The summed E-state index contributed by atoms with van der Waals surface area (Å²) in [5.41, 5.74) is -0.0874. The van der Waals surface area contributed by atoms with E-state index in [9.17, 15) is 32.2 Å². The molecule has 1 atom stereocenters. The molecule has 12 heteroatoms. The van der Waals surface area contributed by atoms with Gasteiger partial charge in [-0.05, 0) is 86.0 Å². The quantitative estimate of drug-likeness (QED) is 0.256. The Morgan fingerprint density at radius 3 is 2.27 bits per heavy atom. The van der Waals surface area contributed by atoms with Gasteiger partial charge < -0.3 is 25.6 Å². The average Bonchev–Trinajstić information content (AvgIpc) is 2.97. The molecule has 1 fully saturated rings. The number of nitrogens with one attached hydrogen (secondary N) is 2. The fraction of sp³-hybridized carbons (Fsp3) is 0.345. The molecule has 0 unspecified atom stereocenters. The van der Waals surface area contributed by atoms with Crippen molar-refractivity contribution in [3.05, 3.63) is 89.5 Å². The SMILES string of the molecule is O=C(NCc1c(F)cccc1F)c1ccc(S(=O)(=O)N2CCC(CNC[C@H](O)COc3ccc(O)cc3)CC2)cc1. The fourth-order valence-corrected chi connectivity index (χ4v) is 5.97. The van der Waals surface area contributed by atoms with Gasteiger partial charge in [-0.2, -0.15) is 4.31 Å². The highest BCUT2D eigenvalue weighted by Crippen LogP contribution is 2.24. The van der Waals surface area contributed by atoms with Crippen LogP contribution in [0.1, 0.15) is 28.8 Å². The summed E-state index contributed by atoms with van der Waals surface area (Å²) < 4.78 is 60.8. The van der Waals surface area contributed by atoms with Gasteiger partial charge in [0.05, 0.1) is 4.90 Å². The number of amides is 1. The molecule has 1 aliphatic rings. The summed E-state index contributed by atoms with van der Waals surface area (Å²) in [7, 11) is -3.75. The number of piperidine rings is 1. The number of hydrogen-bond acceptors (Lipinski definition) is 7. The van der Waals surface area contributed by atoms with Crippen molar-refractivity contribution in [2.75, 3.05) is 32.8 Å². The zero-order chi connectivity index (χ0) is 29.4. The standard InChI is InChI=1S/C29H33F2N3O6S/c30-27-2-1-3-28(31)26(27)18-33-29(37)21-4-10-25(11-5-21)41(38,39)34-14-12-20(13-15-34)16-32-17-23(36)19-40-24-8-6-22(35)7-9-24/h1-11,20,23,32,35-36H,12-19H2,(H,33,37)/t23-/m0/s1. The molecule has 0 bridgehead atoms. The van der Waals surface area contributed by atoms with Crippen LogP contribution < -0.4 is 15.4 Å². The minimum absolute atomic E-state index is 0.0579. The van der Waals surface area contributed by atoms with Crippen molar-refractivity contribution in [3.8, 4) is 11.5 Å². The van der Waals surface area contributed by atoms with Gasteiger partial charge in [0.25, 0.3) is 5.91 Å². The second-order valence-corrected chi connectivity index (χ2v) is 11.8. The monoisotopic (exact) mass is 589 g/mol. The number of phenols is 1. The summed E-state index contributed by atoms with van der Waals surface area (Å²) in [5.74, 6) is -1.18. The zero-order valence-electron chi connectivity index (χ0n) is 22.3. The van der Waals surface area contributed by atoms with Gasteiger partial charge in [0.1, 0.15) is 35.8 Å². The van der Waals surface area contributed by atoms with E-state index in [1.807, 2.05) is 0 Å². The van der Waals surface area contributed by atoms with Crippen molar-refractivity contribution in [2.24, 2.45) is 5.92 Å². The van der Waals surface area contributed by atoms with E-state index in [0.717, 1.165) is 12.1 Å². The predicted octanol–water partition coefficient (Wildman–Crippen LogP) is 3.03. The molecular formula is C29H33F2N3O6S. The van der Waals surface area contributed by atoms with Crippen molar-refractivity contribution in [2.45, 2.75) is 30.4 Å². The number of carbonyl (C=O) groups is 1. The molecule has 0 radical (unpaired) electrons. The number of carbonyl (C=O) groups excluding carboxylic acids is 1. The predicted molar refractivity (Wildman–Crippen MR) is 148 cm³/mol. The summed E-state index contributed by atoms with van der Waals surface area (Å²) in [6, 6.07) is 15.1. The van der Waals surface area contributed by atoms with Gasteiger partial charge >= 0.3 is 0 Å². The molecule has 220 valence electrons. The lowest BCUT2D eigenvalue weighted by atomic mass is 9.98. The summed E-state index contributed by atoms with van der Waals surface area (Å²) in [6.45, 7) is 1.40. The van der Waals surface area contributed by atoms with Gasteiger partial charge in [-0.1, -0.05) is 6.07 Å². The minimum Gasteiger partial charge on any atom is -0.508 e. The van der Waals surface area contributed by atoms with Gasteiger partial charge in [0.15, 0.2) is 0 Å². The maximum Gasteiger partial charge on any atom is 0.251 e.